The first kappa shape index (κ1) is 15.0. The molecule has 0 aliphatic heterocycles. The molecule has 1 amide bonds. The molecule has 5 heteroatoms. The van der Waals surface area contributed by atoms with Gasteiger partial charge in [-0.1, -0.05) is 36.4 Å². The van der Waals surface area contributed by atoms with Gasteiger partial charge in [0.05, 0.1) is 11.8 Å². The predicted octanol–water partition coefficient (Wildman–Crippen LogP) is 2.43. The molecule has 0 radical (unpaired) electrons. The first-order valence-corrected chi connectivity index (χ1v) is 6.73. The molecule has 110 valence electrons. The highest BCUT2D eigenvalue weighted by atomic mass is 16.5. The van der Waals surface area contributed by atoms with E-state index in [1.54, 1.807) is 31.3 Å². The third-order valence-corrected chi connectivity index (χ3v) is 2.97. The van der Waals surface area contributed by atoms with Crippen LogP contribution in [-0.4, -0.2) is 22.3 Å². The fourth-order valence-electron chi connectivity index (χ4n) is 1.89. The maximum Gasteiger partial charge on any atom is 0.408 e. The number of hydrogen-bond donors (Lipinski definition) is 2. The number of aromatic nitrogens is 1. The monoisotopic (exact) mass is 286 g/mol. The molecule has 0 spiro atoms. The largest absolute Gasteiger partial charge is 0.445 e. The van der Waals surface area contributed by atoms with Gasteiger partial charge in [0.2, 0.25) is 0 Å². The number of alkyl carbamates (subject to hydrolysis) is 1. The van der Waals surface area contributed by atoms with Crippen LogP contribution in [0.3, 0.4) is 0 Å². The van der Waals surface area contributed by atoms with E-state index in [0.29, 0.717) is 5.69 Å². The van der Waals surface area contributed by atoms with E-state index in [-0.39, 0.29) is 6.61 Å². The van der Waals surface area contributed by atoms with Crippen LogP contribution in [0, 0.1) is 0 Å². The Labute approximate surface area is 123 Å². The quantitative estimate of drug-likeness (QED) is 0.885. The Balaban J connectivity index is 1.93. The minimum absolute atomic E-state index is 0.182. The average molecular weight is 286 g/mol. The van der Waals surface area contributed by atoms with Gasteiger partial charge in [0.1, 0.15) is 12.6 Å². The zero-order valence-corrected chi connectivity index (χ0v) is 11.8. The summed E-state index contributed by atoms with van der Waals surface area (Å²) in [4.78, 5) is 16.0. The van der Waals surface area contributed by atoms with Crippen molar-refractivity contribution in [1.29, 1.82) is 0 Å². The van der Waals surface area contributed by atoms with Crippen molar-refractivity contribution in [3.8, 4) is 0 Å². The average Bonchev–Trinajstić information content (AvgIpc) is 2.52. The van der Waals surface area contributed by atoms with Crippen LogP contribution in [0.1, 0.15) is 24.2 Å². The van der Waals surface area contributed by atoms with E-state index < -0.39 is 18.2 Å². The summed E-state index contributed by atoms with van der Waals surface area (Å²) in [6, 6.07) is 14.1. The van der Waals surface area contributed by atoms with Crippen LogP contribution >= 0.6 is 0 Å². The number of carbonyl (C=O) groups excluding carboxylic acids is 1. The Morgan fingerprint density at radius 1 is 1.24 bits per heavy atom. The van der Waals surface area contributed by atoms with Gasteiger partial charge in [-0.2, -0.15) is 0 Å². The van der Waals surface area contributed by atoms with Crippen LogP contribution in [0.15, 0.2) is 54.7 Å². The molecule has 1 aromatic heterocycles. The lowest BCUT2D eigenvalue weighted by molar-refractivity contribution is 0.108. The molecule has 0 unspecified atom stereocenters. The molecule has 2 N–H and O–H groups in total. The highest BCUT2D eigenvalue weighted by molar-refractivity contribution is 5.67. The molecule has 0 aliphatic rings. The molecule has 0 saturated carbocycles. The highest BCUT2D eigenvalue weighted by Gasteiger charge is 2.21. The molecule has 0 saturated heterocycles. The number of amides is 1. The first-order valence-electron chi connectivity index (χ1n) is 6.73. The lowest BCUT2D eigenvalue weighted by atomic mass is 10.1. The van der Waals surface area contributed by atoms with Crippen LogP contribution in [0.4, 0.5) is 4.79 Å². The molecule has 0 aliphatic carbocycles. The minimum Gasteiger partial charge on any atom is -0.445 e. The lowest BCUT2D eigenvalue weighted by Gasteiger charge is -2.20. The summed E-state index contributed by atoms with van der Waals surface area (Å²) < 4.78 is 5.14. The number of pyridine rings is 1. The van der Waals surface area contributed by atoms with Gasteiger partial charge in [-0.05, 0) is 24.6 Å². The normalized spacial score (nSPS) is 13.2. The Morgan fingerprint density at radius 2 is 1.95 bits per heavy atom. The standard InChI is InChI=1S/C16H18N2O3/c1-12(19)15(14-9-5-6-10-17-14)18-16(20)21-11-13-7-3-2-4-8-13/h2-10,12,15,19H,11H2,1H3,(H,18,20)/t12-,15+/m1/s1. The smallest absolute Gasteiger partial charge is 0.408 e. The fraction of sp³-hybridized carbons (Fsp3) is 0.250. The van der Waals surface area contributed by atoms with E-state index in [4.69, 9.17) is 4.74 Å². The molecule has 2 aromatic rings. The van der Waals surface area contributed by atoms with Gasteiger partial charge in [0.15, 0.2) is 0 Å². The van der Waals surface area contributed by atoms with E-state index >= 15 is 0 Å². The number of aliphatic hydroxyl groups excluding tert-OH is 1. The SMILES string of the molecule is C[C@@H](O)[C@H](NC(=O)OCc1ccccc1)c1ccccn1. The van der Waals surface area contributed by atoms with E-state index in [2.05, 4.69) is 10.3 Å². The van der Waals surface area contributed by atoms with Gasteiger partial charge in [0.25, 0.3) is 0 Å². The highest BCUT2D eigenvalue weighted by Crippen LogP contribution is 2.14. The van der Waals surface area contributed by atoms with Crippen molar-refractivity contribution in [3.63, 3.8) is 0 Å². The number of hydrogen-bond acceptors (Lipinski definition) is 4. The third-order valence-electron chi connectivity index (χ3n) is 2.97. The number of nitrogens with one attached hydrogen (secondary N) is 1. The molecule has 0 fully saturated rings. The fourth-order valence-corrected chi connectivity index (χ4v) is 1.89. The molecular weight excluding hydrogens is 268 g/mol. The Bertz CT molecular complexity index is 558. The number of ether oxygens (including phenoxy) is 1. The summed E-state index contributed by atoms with van der Waals surface area (Å²) in [5, 5.41) is 12.4. The van der Waals surface area contributed by atoms with Crippen LogP contribution < -0.4 is 5.32 Å². The van der Waals surface area contributed by atoms with Crippen LogP contribution in [-0.2, 0) is 11.3 Å². The molecule has 21 heavy (non-hydrogen) atoms. The number of nitrogens with zero attached hydrogens (tertiary/aromatic N) is 1. The van der Waals surface area contributed by atoms with Crippen LogP contribution in [0.25, 0.3) is 0 Å². The summed E-state index contributed by atoms with van der Waals surface area (Å²) in [5.74, 6) is 0. The van der Waals surface area contributed by atoms with Gasteiger partial charge in [0, 0.05) is 6.20 Å². The maximum atomic E-state index is 11.8. The number of aliphatic hydroxyl groups is 1. The van der Waals surface area contributed by atoms with Crippen molar-refractivity contribution in [2.75, 3.05) is 0 Å². The molecule has 2 atom stereocenters. The van der Waals surface area contributed by atoms with E-state index in [0.717, 1.165) is 5.56 Å². The number of rotatable bonds is 5. The number of carbonyl (C=O) groups is 1. The summed E-state index contributed by atoms with van der Waals surface area (Å²) in [6.45, 7) is 1.78. The second-order valence-electron chi connectivity index (χ2n) is 4.68. The minimum atomic E-state index is -0.774. The molecule has 5 nitrogen and oxygen atoms in total. The van der Waals surface area contributed by atoms with Gasteiger partial charge in [-0.3, -0.25) is 4.98 Å². The first-order chi connectivity index (χ1) is 10.2. The zero-order chi connectivity index (χ0) is 15.1. The Morgan fingerprint density at radius 3 is 2.57 bits per heavy atom. The molecule has 2 rings (SSSR count). The van der Waals surface area contributed by atoms with Crippen molar-refractivity contribution in [2.45, 2.75) is 25.7 Å². The van der Waals surface area contributed by atoms with Gasteiger partial charge >= 0.3 is 6.09 Å². The van der Waals surface area contributed by atoms with Crippen molar-refractivity contribution < 1.29 is 14.6 Å². The van der Waals surface area contributed by atoms with Gasteiger partial charge in [-0.25, -0.2) is 4.79 Å². The van der Waals surface area contributed by atoms with Gasteiger partial charge in [-0.15, -0.1) is 0 Å². The molecule has 1 heterocycles. The second kappa shape index (κ2) is 7.40. The molecule has 0 bridgehead atoms. The number of benzene rings is 1. The summed E-state index contributed by atoms with van der Waals surface area (Å²) >= 11 is 0. The Hall–Kier alpha value is -2.40. The maximum absolute atomic E-state index is 11.8. The predicted molar refractivity (Wildman–Crippen MR) is 78.4 cm³/mol. The Kier molecular flexibility index (Phi) is 5.29. The molecular formula is C16H18N2O3. The third kappa shape index (κ3) is 4.57. The summed E-state index contributed by atoms with van der Waals surface area (Å²) in [7, 11) is 0. The zero-order valence-electron chi connectivity index (χ0n) is 11.8. The van der Waals surface area contributed by atoms with Crippen molar-refractivity contribution in [3.05, 3.63) is 66.0 Å². The van der Waals surface area contributed by atoms with Crippen molar-refractivity contribution in [2.24, 2.45) is 0 Å². The summed E-state index contributed by atoms with van der Waals surface area (Å²) in [5.41, 5.74) is 1.49. The van der Waals surface area contributed by atoms with E-state index in [1.165, 1.54) is 0 Å². The van der Waals surface area contributed by atoms with Crippen LogP contribution in [0.5, 0.6) is 0 Å². The molecule has 1 aromatic carbocycles. The summed E-state index contributed by atoms with van der Waals surface area (Å²) in [6.07, 6.45) is 0.251. The van der Waals surface area contributed by atoms with Gasteiger partial charge < -0.3 is 15.2 Å². The van der Waals surface area contributed by atoms with E-state index in [1.807, 2.05) is 30.3 Å². The lowest BCUT2D eigenvalue weighted by Crippen LogP contribution is -2.35. The second-order valence-corrected chi connectivity index (χ2v) is 4.68. The van der Waals surface area contributed by atoms with Crippen LogP contribution in [0.2, 0.25) is 0 Å². The van der Waals surface area contributed by atoms with E-state index in [9.17, 15) is 9.90 Å². The topological polar surface area (TPSA) is 71.5 Å². The van der Waals surface area contributed by atoms with Crippen molar-refractivity contribution >= 4 is 6.09 Å². The van der Waals surface area contributed by atoms with Crippen molar-refractivity contribution in [1.82, 2.24) is 10.3 Å².